The summed E-state index contributed by atoms with van der Waals surface area (Å²) in [6.45, 7) is 3.67. The highest BCUT2D eigenvalue weighted by molar-refractivity contribution is 7.80. The van der Waals surface area contributed by atoms with E-state index in [9.17, 15) is 9.18 Å². The molecule has 1 aliphatic rings. The topological polar surface area (TPSA) is 53.2 Å². The van der Waals surface area contributed by atoms with E-state index < -0.39 is 6.04 Å². The van der Waals surface area contributed by atoms with Gasteiger partial charge in [0.05, 0.1) is 11.6 Å². The monoisotopic (exact) mass is 389 g/mol. The van der Waals surface area contributed by atoms with Gasteiger partial charge in [-0.3, -0.25) is 4.79 Å². The van der Waals surface area contributed by atoms with Crippen molar-refractivity contribution in [1.29, 1.82) is 0 Å². The van der Waals surface area contributed by atoms with Crippen molar-refractivity contribution in [2.75, 3.05) is 5.32 Å². The molecule has 0 fully saturated rings. The van der Waals surface area contributed by atoms with Gasteiger partial charge in [-0.05, 0) is 61.5 Å². The second-order valence-corrected chi connectivity index (χ2v) is 6.88. The number of allylic oxidation sites excluding steroid dienone is 1. The molecule has 1 heterocycles. The van der Waals surface area contributed by atoms with Crippen molar-refractivity contribution >= 4 is 40.5 Å². The first kappa shape index (κ1) is 18.4. The van der Waals surface area contributed by atoms with Gasteiger partial charge in [0.15, 0.2) is 5.11 Å². The van der Waals surface area contributed by atoms with Crippen molar-refractivity contribution in [3.63, 3.8) is 0 Å². The van der Waals surface area contributed by atoms with Gasteiger partial charge >= 0.3 is 0 Å². The first-order valence-corrected chi connectivity index (χ1v) is 8.75. The average Bonchev–Trinajstić information content (AvgIpc) is 2.58. The van der Waals surface area contributed by atoms with Crippen LogP contribution < -0.4 is 16.0 Å². The van der Waals surface area contributed by atoms with Crippen molar-refractivity contribution in [2.45, 2.75) is 19.9 Å². The van der Waals surface area contributed by atoms with Crippen molar-refractivity contribution in [1.82, 2.24) is 10.6 Å². The van der Waals surface area contributed by atoms with E-state index in [1.807, 2.05) is 13.0 Å². The van der Waals surface area contributed by atoms with Gasteiger partial charge in [0.25, 0.3) is 5.91 Å². The number of nitrogens with one attached hydrogen (secondary N) is 3. The first-order valence-electron chi connectivity index (χ1n) is 7.96. The van der Waals surface area contributed by atoms with E-state index in [0.717, 1.165) is 11.1 Å². The van der Waals surface area contributed by atoms with E-state index in [0.29, 0.717) is 27.1 Å². The summed E-state index contributed by atoms with van der Waals surface area (Å²) in [7, 11) is 0. The molecule has 1 aliphatic heterocycles. The van der Waals surface area contributed by atoms with Crippen LogP contribution in [0.1, 0.15) is 24.1 Å². The highest BCUT2D eigenvalue weighted by Crippen LogP contribution is 2.29. The van der Waals surface area contributed by atoms with Crippen LogP contribution in [0.5, 0.6) is 0 Å². The molecule has 7 heteroatoms. The molecule has 0 bridgehead atoms. The number of anilines is 1. The van der Waals surface area contributed by atoms with E-state index >= 15 is 0 Å². The third kappa shape index (κ3) is 3.86. The minimum Gasteiger partial charge on any atom is -0.351 e. The molecule has 3 rings (SSSR count). The third-order valence-electron chi connectivity index (χ3n) is 4.16. The molecule has 0 aliphatic carbocycles. The Kier molecular flexibility index (Phi) is 5.25. The van der Waals surface area contributed by atoms with Gasteiger partial charge in [-0.15, -0.1) is 0 Å². The Morgan fingerprint density at radius 1 is 1.19 bits per heavy atom. The smallest absolute Gasteiger partial charge is 0.255 e. The number of carbonyl (C=O) groups is 1. The Hall–Kier alpha value is -2.44. The number of hydrogen-bond donors (Lipinski definition) is 3. The van der Waals surface area contributed by atoms with Crippen LogP contribution in [0, 0.1) is 12.7 Å². The zero-order valence-electron chi connectivity index (χ0n) is 14.2. The highest BCUT2D eigenvalue weighted by atomic mass is 35.5. The predicted octanol–water partition coefficient (Wildman–Crippen LogP) is 4.22. The lowest BCUT2D eigenvalue weighted by atomic mass is 9.95. The fourth-order valence-corrected chi connectivity index (χ4v) is 3.26. The fourth-order valence-electron chi connectivity index (χ4n) is 2.82. The molecule has 0 aromatic heterocycles. The number of carbonyl (C=O) groups excluding carboxylic acids is 1. The van der Waals surface area contributed by atoms with Crippen LogP contribution in [-0.4, -0.2) is 11.0 Å². The quantitative estimate of drug-likeness (QED) is 0.688. The summed E-state index contributed by atoms with van der Waals surface area (Å²) < 4.78 is 13.3. The van der Waals surface area contributed by atoms with Crippen LogP contribution in [0.15, 0.2) is 53.7 Å². The zero-order valence-corrected chi connectivity index (χ0v) is 15.8. The normalized spacial score (nSPS) is 16.8. The lowest BCUT2D eigenvalue weighted by Gasteiger charge is -2.30. The first-order chi connectivity index (χ1) is 12.3. The minimum atomic E-state index is -0.483. The molecule has 4 nitrogen and oxygen atoms in total. The zero-order chi connectivity index (χ0) is 18.8. The summed E-state index contributed by atoms with van der Waals surface area (Å²) >= 11 is 11.2. The van der Waals surface area contributed by atoms with Gasteiger partial charge in [0.1, 0.15) is 5.82 Å². The van der Waals surface area contributed by atoms with Gasteiger partial charge in [-0.25, -0.2) is 4.39 Å². The van der Waals surface area contributed by atoms with Crippen LogP contribution in [-0.2, 0) is 4.79 Å². The van der Waals surface area contributed by atoms with Crippen LogP contribution in [0.3, 0.4) is 0 Å². The predicted molar refractivity (Wildman–Crippen MR) is 106 cm³/mol. The number of benzene rings is 2. The molecule has 1 atom stereocenters. The SMILES string of the molecule is CC1=C(C(=O)Nc2cc(Cl)ccc2C)[C@H](c2ccc(F)cc2)NC(=S)N1. The molecule has 2 aromatic carbocycles. The van der Waals surface area contributed by atoms with Gasteiger partial charge in [0, 0.05) is 16.4 Å². The van der Waals surface area contributed by atoms with Gasteiger partial charge in [0.2, 0.25) is 0 Å². The summed E-state index contributed by atoms with van der Waals surface area (Å²) in [5, 5.41) is 9.89. The Labute approximate surface area is 161 Å². The summed E-state index contributed by atoms with van der Waals surface area (Å²) in [6, 6.07) is 10.8. The lowest BCUT2D eigenvalue weighted by molar-refractivity contribution is -0.113. The molecule has 0 unspecified atom stereocenters. The van der Waals surface area contributed by atoms with Crippen LogP contribution in [0.25, 0.3) is 0 Å². The highest BCUT2D eigenvalue weighted by Gasteiger charge is 2.30. The second kappa shape index (κ2) is 7.43. The molecule has 2 aromatic rings. The van der Waals surface area contributed by atoms with Gasteiger partial charge in [-0.2, -0.15) is 0 Å². The van der Waals surface area contributed by atoms with Crippen molar-refractivity contribution in [3.8, 4) is 0 Å². The Balaban J connectivity index is 1.96. The van der Waals surface area contributed by atoms with Gasteiger partial charge in [-0.1, -0.05) is 29.8 Å². The van der Waals surface area contributed by atoms with E-state index in [1.165, 1.54) is 12.1 Å². The summed E-state index contributed by atoms with van der Waals surface area (Å²) in [6.07, 6.45) is 0. The maximum Gasteiger partial charge on any atom is 0.255 e. The molecule has 0 saturated carbocycles. The van der Waals surface area contributed by atoms with E-state index in [-0.39, 0.29) is 11.7 Å². The van der Waals surface area contributed by atoms with Crippen molar-refractivity contribution in [3.05, 3.63) is 75.7 Å². The summed E-state index contributed by atoms with van der Waals surface area (Å²) in [5.41, 5.74) is 3.38. The van der Waals surface area contributed by atoms with E-state index in [1.54, 1.807) is 31.2 Å². The number of hydrogen-bond acceptors (Lipinski definition) is 2. The van der Waals surface area contributed by atoms with E-state index in [4.69, 9.17) is 23.8 Å². The molecule has 0 radical (unpaired) electrons. The molecule has 0 spiro atoms. The molecule has 1 amide bonds. The van der Waals surface area contributed by atoms with Crippen LogP contribution >= 0.6 is 23.8 Å². The molecule has 26 heavy (non-hydrogen) atoms. The third-order valence-corrected chi connectivity index (χ3v) is 4.62. The maximum absolute atomic E-state index is 13.3. The molecule has 134 valence electrons. The fraction of sp³-hybridized carbons (Fsp3) is 0.158. The summed E-state index contributed by atoms with van der Waals surface area (Å²) in [4.78, 5) is 13.0. The number of aryl methyl sites for hydroxylation is 1. The van der Waals surface area contributed by atoms with Crippen LogP contribution in [0.2, 0.25) is 5.02 Å². The Morgan fingerprint density at radius 3 is 2.58 bits per heavy atom. The van der Waals surface area contributed by atoms with Crippen molar-refractivity contribution < 1.29 is 9.18 Å². The van der Waals surface area contributed by atoms with E-state index in [2.05, 4.69) is 16.0 Å². The minimum absolute atomic E-state index is 0.287. The maximum atomic E-state index is 13.3. The van der Waals surface area contributed by atoms with Crippen molar-refractivity contribution in [2.24, 2.45) is 0 Å². The van der Waals surface area contributed by atoms with Crippen LogP contribution in [0.4, 0.5) is 10.1 Å². The standard InChI is InChI=1S/C19H17ClFN3OS/c1-10-3-6-13(20)9-15(10)23-18(25)16-11(2)22-19(26)24-17(16)12-4-7-14(21)8-5-12/h3-9,17H,1-2H3,(H,23,25)(H2,22,24,26)/t17-/m0/s1. The lowest BCUT2D eigenvalue weighted by Crippen LogP contribution is -2.45. The number of rotatable bonds is 3. The molecular weight excluding hydrogens is 373 g/mol. The number of thiocarbonyl (C=S) groups is 1. The largest absolute Gasteiger partial charge is 0.351 e. The molecular formula is C19H17ClFN3OS. The molecule has 3 N–H and O–H groups in total. The Bertz CT molecular complexity index is 912. The second-order valence-electron chi connectivity index (χ2n) is 6.04. The number of amides is 1. The molecule has 0 saturated heterocycles. The van der Waals surface area contributed by atoms with Gasteiger partial charge < -0.3 is 16.0 Å². The Morgan fingerprint density at radius 2 is 1.88 bits per heavy atom. The number of halogens is 2. The summed E-state index contributed by atoms with van der Waals surface area (Å²) in [5.74, 6) is -0.629. The average molecular weight is 390 g/mol.